The fourth-order valence-corrected chi connectivity index (χ4v) is 2.27. The number of alkyl halides is 3. The molecule has 0 atom stereocenters. The first-order valence-corrected chi connectivity index (χ1v) is 6.94. The number of hydrogen-bond acceptors (Lipinski definition) is 2. The summed E-state index contributed by atoms with van der Waals surface area (Å²) in [7, 11) is 0. The predicted molar refractivity (Wildman–Crippen MR) is 73.6 cm³/mol. The monoisotopic (exact) mass is 289 g/mol. The lowest BCUT2D eigenvalue weighted by Gasteiger charge is -2.32. The minimum atomic E-state index is -4.65. The molecule has 0 aliphatic rings. The zero-order chi connectivity index (χ0) is 15.2. The Labute approximate surface area is 118 Å². The van der Waals surface area contributed by atoms with Crippen molar-refractivity contribution in [3.63, 3.8) is 0 Å². The predicted octanol–water partition coefficient (Wildman–Crippen LogP) is 4.64. The van der Waals surface area contributed by atoms with E-state index in [1.807, 2.05) is 0 Å². The SMILES string of the molecule is CCC(CC)(CC)NCc1cccc(OC(F)(F)F)c1. The first-order valence-electron chi connectivity index (χ1n) is 6.94. The molecule has 0 bridgehead atoms. The van der Waals surface area contributed by atoms with Gasteiger partial charge in [0.05, 0.1) is 0 Å². The van der Waals surface area contributed by atoms with Crippen LogP contribution in [0.5, 0.6) is 5.75 Å². The summed E-state index contributed by atoms with van der Waals surface area (Å²) >= 11 is 0. The van der Waals surface area contributed by atoms with Gasteiger partial charge in [0.1, 0.15) is 5.75 Å². The van der Waals surface area contributed by atoms with Gasteiger partial charge < -0.3 is 10.1 Å². The molecule has 5 heteroatoms. The number of ether oxygens (including phenoxy) is 1. The zero-order valence-corrected chi connectivity index (χ0v) is 12.2. The molecular formula is C15H22F3NO. The molecule has 20 heavy (non-hydrogen) atoms. The van der Waals surface area contributed by atoms with E-state index in [0.717, 1.165) is 24.8 Å². The average Bonchev–Trinajstić information content (AvgIpc) is 2.39. The summed E-state index contributed by atoms with van der Waals surface area (Å²) in [5.41, 5.74) is 0.826. The molecule has 0 radical (unpaired) electrons. The first kappa shape index (κ1) is 16.8. The van der Waals surface area contributed by atoms with Crippen molar-refractivity contribution in [2.75, 3.05) is 0 Å². The van der Waals surface area contributed by atoms with Gasteiger partial charge in [-0.05, 0) is 37.0 Å². The average molecular weight is 289 g/mol. The van der Waals surface area contributed by atoms with Crippen molar-refractivity contribution in [2.24, 2.45) is 0 Å². The topological polar surface area (TPSA) is 21.3 Å². The van der Waals surface area contributed by atoms with E-state index in [1.54, 1.807) is 12.1 Å². The van der Waals surface area contributed by atoms with E-state index in [2.05, 4.69) is 30.8 Å². The fraction of sp³-hybridized carbons (Fsp3) is 0.600. The minimum Gasteiger partial charge on any atom is -0.406 e. The van der Waals surface area contributed by atoms with Gasteiger partial charge in [-0.15, -0.1) is 13.2 Å². The van der Waals surface area contributed by atoms with E-state index in [9.17, 15) is 13.2 Å². The summed E-state index contributed by atoms with van der Waals surface area (Å²) in [6.45, 7) is 6.88. The van der Waals surface area contributed by atoms with E-state index < -0.39 is 6.36 Å². The molecule has 1 N–H and O–H groups in total. The quantitative estimate of drug-likeness (QED) is 0.789. The van der Waals surface area contributed by atoms with Crippen molar-refractivity contribution >= 4 is 0 Å². The molecule has 1 aromatic rings. The van der Waals surface area contributed by atoms with Crippen LogP contribution in [0.3, 0.4) is 0 Å². The van der Waals surface area contributed by atoms with Crippen molar-refractivity contribution in [1.82, 2.24) is 5.32 Å². The molecule has 0 amide bonds. The number of nitrogens with one attached hydrogen (secondary N) is 1. The second kappa shape index (κ2) is 6.97. The molecule has 0 spiro atoms. The lowest BCUT2D eigenvalue weighted by Crippen LogP contribution is -2.43. The van der Waals surface area contributed by atoms with Crippen LogP contribution < -0.4 is 10.1 Å². The first-order chi connectivity index (χ1) is 9.34. The van der Waals surface area contributed by atoms with E-state index in [4.69, 9.17) is 0 Å². The van der Waals surface area contributed by atoms with Crippen LogP contribution in [0.15, 0.2) is 24.3 Å². The summed E-state index contributed by atoms with van der Waals surface area (Å²) in [4.78, 5) is 0. The smallest absolute Gasteiger partial charge is 0.406 e. The highest BCUT2D eigenvalue weighted by Gasteiger charge is 2.31. The fourth-order valence-electron chi connectivity index (χ4n) is 2.27. The summed E-state index contributed by atoms with van der Waals surface area (Å²) in [6, 6.07) is 6.10. The third kappa shape index (κ3) is 5.04. The van der Waals surface area contributed by atoms with Crippen LogP contribution in [-0.2, 0) is 6.54 Å². The Balaban J connectivity index is 2.71. The Kier molecular flexibility index (Phi) is 5.87. The van der Waals surface area contributed by atoms with E-state index in [0.29, 0.717) is 6.54 Å². The van der Waals surface area contributed by atoms with Gasteiger partial charge in [0.2, 0.25) is 0 Å². The van der Waals surface area contributed by atoms with E-state index >= 15 is 0 Å². The molecule has 0 unspecified atom stereocenters. The molecule has 1 aromatic carbocycles. The maximum Gasteiger partial charge on any atom is 0.573 e. The molecule has 0 aromatic heterocycles. The highest BCUT2D eigenvalue weighted by Crippen LogP contribution is 2.24. The minimum absolute atomic E-state index is 0.0425. The van der Waals surface area contributed by atoms with Crippen LogP contribution in [0, 0.1) is 0 Å². The van der Waals surface area contributed by atoms with Gasteiger partial charge in [0.25, 0.3) is 0 Å². The number of rotatable bonds is 7. The summed E-state index contributed by atoms with van der Waals surface area (Å²) in [6.07, 6.45) is -1.69. The molecule has 0 saturated heterocycles. The molecule has 1 rings (SSSR count). The van der Waals surface area contributed by atoms with Gasteiger partial charge in [0.15, 0.2) is 0 Å². The van der Waals surface area contributed by atoms with Gasteiger partial charge in [-0.1, -0.05) is 32.9 Å². The number of hydrogen-bond donors (Lipinski definition) is 1. The van der Waals surface area contributed by atoms with Crippen molar-refractivity contribution in [2.45, 2.75) is 58.5 Å². The lowest BCUT2D eigenvalue weighted by atomic mass is 9.89. The van der Waals surface area contributed by atoms with Crippen LogP contribution in [0.2, 0.25) is 0 Å². The second-order valence-corrected chi connectivity index (χ2v) is 4.89. The van der Waals surface area contributed by atoms with Crippen molar-refractivity contribution < 1.29 is 17.9 Å². The molecule has 0 aliphatic carbocycles. The largest absolute Gasteiger partial charge is 0.573 e. The Morgan fingerprint density at radius 1 is 1.05 bits per heavy atom. The van der Waals surface area contributed by atoms with Crippen LogP contribution in [0.4, 0.5) is 13.2 Å². The summed E-state index contributed by atoms with van der Waals surface area (Å²) in [5.74, 6) is -0.174. The normalized spacial score (nSPS) is 12.5. The van der Waals surface area contributed by atoms with E-state index in [1.165, 1.54) is 12.1 Å². The molecule has 0 saturated carbocycles. The van der Waals surface area contributed by atoms with Crippen LogP contribution in [0.25, 0.3) is 0 Å². The zero-order valence-electron chi connectivity index (χ0n) is 12.2. The van der Waals surface area contributed by atoms with Crippen LogP contribution in [0.1, 0.15) is 45.6 Å². The van der Waals surface area contributed by atoms with E-state index in [-0.39, 0.29) is 11.3 Å². The molecule has 0 fully saturated rings. The van der Waals surface area contributed by atoms with Crippen molar-refractivity contribution in [3.05, 3.63) is 29.8 Å². The molecular weight excluding hydrogens is 267 g/mol. The third-order valence-electron chi connectivity index (χ3n) is 3.83. The van der Waals surface area contributed by atoms with Crippen molar-refractivity contribution in [1.29, 1.82) is 0 Å². The number of benzene rings is 1. The number of halogens is 3. The second-order valence-electron chi connectivity index (χ2n) is 4.89. The molecule has 2 nitrogen and oxygen atoms in total. The Bertz CT molecular complexity index is 406. The standard InChI is InChI=1S/C15H22F3NO/c1-4-14(5-2,6-3)19-11-12-8-7-9-13(10-12)20-15(16,17)18/h7-10,19H,4-6,11H2,1-3H3. The molecule has 0 aliphatic heterocycles. The van der Waals surface area contributed by atoms with Crippen LogP contribution >= 0.6 is 0 Å². The molecule has 114 valence electrons. The van der Waals surface area contributed by atoms with Gasteiger partial charge in [0, 0.05) is 12.1 Å². The highest BCUT2D eigenvalue weighted by molar-refractivity contribution is 5.28. The van der Waals surface area contributed by atoms with Crippen molar-refractivity contribution in [3.8, 4) is 5.75 Å². The highest BCUT2D eigenvalue weighted by atomic mass is 19.4. The van der Waals surface area contributed by atoms with Gasteiger partial charge >= 0.3 is 6.36 Å². The Hall–Kier alpha value is -1.23. The summed E-state index contributed by atoms with van der Waals surface area (Å²) < 4.78 is 40.4. The van der Waals surface area contributed by atoms with Gasteiger partial charge in [-0.25, -0.2) is 0 Å². The Morgan fingerprint density at radius 3 is 2.15 bits per heavy atom. The maximum absolute atomic E-state index is 12.2. The molecule has 0 heterocycles. The van der Waals surface area contributed by atoms with Crippen LogP contribution in [-0.4, -0.2) is 11.9 Å². The Morgan fingerprint density at radius 2 is 1.65 bits per heavy atom. The third-order valence-corrected chi connectivity index (χ3v) is 3.83. The van der Waals surface area contributed by atoms with Gasteiger partial charge in [-0.3, -0.25) is 0 Å². The summed E-state index contributed by atoms with van der Waals surface area (Å²) in [5, 5.41) is 3.45. The maximum atomic E-state index is 12.2. The lowest BCUT2D eigenvalue weighted by molar-refractivity contribution is -0.274. The van der Waals surface area contributed by atoms with Gasteiger partial charge in [-0.2, -0.15) is 0 Å².